The first-order valence-corrected chi connectivity index (χ1v) is 6.25. The van der Waals surface area contributed by atoms with Crippen LogP contribution in [0.25, 0.3) is 0 Å². The van der Waals surface area contributed by atoms with E-state index in [4.69, 9.17) is 9.84 Å². The van der Waals surface area contributed by atoms with Gasteiger partial charge in [0.2, 0.25) is 0 Å². The first kappa shape index (κ1) is 15.4. The number of hydrogen-bond acceptors (Lipinski definition) is 3. The van der Waals surface area contributed by atoms with Crippen LogP contribution in [0.15, 0.2) is 24.3 Å². The maximum absolute atomic E-state index is 13.3. The number of nitrogens with zero attached hydrogens (tertiary/aromatic N) is 1. The molecule has 106 valence electrons. The monoisotopic (exact) mass is 269 g/mol. The average Bonchev–Trinajstić information content (AvgIpc) is 2.36. The summed E-state index contributed by atoms with van der Waals surface area (Å²) in [6, 6.07) is 6.16. The van der Waals surface area contributed by atoms with E-state index in [1.54, 1.807) is 36.9 Å². The third-order valence-electron chi connectivity index (χ3n) is 3.15. The molecule has 1 N–H and O–H groups in total. The average molecular weight is 269 g/mol. The molecular weight excluding hydrogens is 249 g/mol. The van der Waals surface area contributed by atoms with Crippen LogP contribution in [0.5, 0.6) is 5.75 Å². The summed E-state index contributed by atoms with van der Waals surface area (Å²) >= 11 is 0. The van der Waals surface area contributed by atoms with Gasteiger partial charge in [0.1, 0.15) is 12.1 Å². The molecule has 0 fully saturated rings. The van der Waals surface area contributed by atoms with Crippen LogP contribution in [-0.2, 0) is 4.79 Å². The van der Waals surface area contributed by atoms with Gasteiger partial charge in [-0.3, -0.25) is 9.69 Å². The summed E-state index contributed by atoms with van der Waals surface area (Å²) < 4.78 is 18.7. The lowest BCUT2D eigenvalue weighted by Crippen LogP contribution is -2.51. The third kappa shape index (κ3) is 3.92. The number of carboxylic acid groups (broad SMARTS) is 1. The van der Waals surface area contributed by atoms with Crippen molar-refractivity contribution in [2.45, 2.75) is 26.3 Å². The maximum Gasteiger partial charge on any atom is 0.323 e. The van der Waals surface area contributed by atoms with Gasteiger partial charge in [0.25, 0.3) is 0 Å². The SMILES string of the molecule is CCN(CCOc1ccccc1F)C(C)(C)C(=O)O. The van der Waals surface area contributed by atoms with Gasteiger partial charge < -0.3 is 9.84 Å². The van der Waals surface area contributed by atoms with Crippen LogP contribution in [0.2, 0.25) is 0 Å². The van der Waals surface area contributed by atoms with E-state index in [2.05, 4.69) is 0 Å². The lowest BCUT2D eigenvalue weighted by atomic mass is 10.0. The van der Waals surface area contributed by atoms with Crippen molar-refractivity contribution in [3.05, 3.63) is 30.1 Å². The Kier molecular flexibility index (Phi) is 5.30. The minimum atomic E-state index is -0.965. The Labute approximate surface area is 112 Å². The molecule has 4 nitrogen and oxygen atoms in total. The van der Waals surface area contributed by atoms with Crippen molar-refractivity contribution in [3.63, 3.8) is 0 Å². The van der Waals surface area contributed by atoms with Crippen molar-refractivity contribution >= 4 is 5.97 Å². The van der Waals surface area contributed by atoms with E-state index in [1.165, 1.54) is 6.07 Å². The lowest BCUT2D eigenvalue weighted by molar-refractivity contribution is -0.149. The summed E-state index contributed by atoms with van der Waals surface area (Å²) in [6.45, 7) is 6.41. The Balaban J connectivity index is 2.56. The highest BCUT2D eigenvalue weighted by atomic mass is 19.1. The quantitative estimate of drug-likeness (QED) is 0.825. The number of hydrogen-bond donors (Lipinski definition) is 1. The van der Waals surface area contributed by atoms with Gasteiger partial charge in [-0.2, -0.15) is 0 Å². The molecule has 0 aliphatic rings. The van der Waals surface area contributed by atoms with Crippen molar-refractivity contribution in [2.24, 2.45) is 0 Å². The summed E-state index contributed by atoms with van der Waals surface area (Å²) in [5, 5.41) is 9.16. The highest BCUT2D eigenvalue weighted by molar-refractivity contribution is 5.77. The number of para-hydroxylation sites is 1. The number of carbonyl (C=O) groups is 1. The van der Waals surface area contributed by atoms with E-state index in [9.17, 15) is 9.18 Å². The van der Waals surface area contributed by atoms with E-state index in [0.717, 1.165) is 0 Å². The van der Waals surface area contributed by atoms with Crippen LogP contribution in [-0.4, -0.2) is 41.2 Å². The maximum atomic E-state index is 13.3. The molecule has 1 aromatic rings. The van der Waals surface area contributed by atoms with E-state index >= 15 is 0 Å². The number of ether oxygens (including phenoxy) is 1. The number of halogens is 1. The zero-order chi connectivity index (χ0) is 14.5. The summed E-state index contributed by atoms with van der Waals surface area (Å²) in [7, 11) is 0. The fourth-order valence-corrected chi connectivity index (χ4v) is 1.80. The highest BCUT2D eigenvalue weighted by Gasteiger charge is 2.33. The predicted octanol–water partition coefficient (Wildman–Crippen LogP) is 2.39. The molecule has 0 bridgehead atoms. The Morgan fingerprint density at radius 1 is 1.42 bits per heavy atom. The Morgan fingerprint density at radius 3 is 2.58 bits per heavy atom. The Bertz CT molecular complexity index is 434. The molecule has 0 spiro atoms. The van der Waals surface area contributed by atoms with Crippen molar-refractivity contribution in [1.29, 1.82) is 0 Å². The van der Waals surface area contributed by atoms with Crippen molar-refractivity contribution in [2.75, 3.05) is 19.7 Å². The molecule has 1 aromatic carbocycles. The third-order valence-corrected chi connectivity index (χ3v) is 3.15. The minimum Gasteiger partial charge on any atom is -0.489 e. The first-order chi connectivity index (χ1) is 8.89. The van der Waals surface area contributed by atoms with Crippen LogP contribution >= 0.6 is 0 Å². The molecule has 0 aliphatic carbocycles. The predicted molar refractivity (Wildman–Crippen MR) is 70.9 cm³/mol. The second-order valence-corrected chi connectivity index (χ2v) is 4.72. The molecule has 0 radical (unpaired) electrons. The fraction of sp³-hybridized carbons (Fsp3) is 0.500. The largest absolute Gasteiger partial charge is 0.489 e. The molecule has 0 unspecified atom stereocenters. The Hall–Kier alpha value is -1.62. The first-order valence-electron chi connectivity index (χ1n) is 6.25. The van der Waals surface area contributed by atoms with E-state index in [-0.39, 0.29) is 12.4 Å². The van der Waals surface area contributed by atoms with Crippen molar-refractivity contribution < 1.29 is 19.0 Å². The molecule has 0 atom stereocenters. The Morgan fingerprint density at radius 2 is 2.05 bits per heavy atom. The minimum absolute atomic E-state index is 0.187. The van der Waals surface area contributed by atoms with E-state index < -0.39 is 17.3 Å². The van der Waals surface area contributed by atoms with Crippen LogP contribution in [0.3, 0.4) is 0 Å². The summed E-state index contributed by atoms with van der Waals surface area (Å²) in [6.07, 6.45) is 0. The number of aliphatic carboxylic acids is 1. The van der Waals surface area contributed by atoms with E-state index in [0.29, 0.717) is 13.1 Å². The second-order valence-electron chi connectivity index (χ2n) is 4.72. The number of benzene rings is 1. The van der Waals surface area contributed by atoms with Gasteiger partial charge in [0.15, 0.2) is 11.6 Å². The molecule has 5 heteroatoms. The second kappa shape index (κ2) is 6.52. The van der Waals surface area contributed by atoms with Crippen LogP contribution in [0, 0.1) is 5.82 Å². The molecule has 0 amide bonds. The van der Waals surface area contributed by atoms with Crippen LogP contribution in [0.1, 0.15) is 20.8 Å². The molecule has 0 heterocycles. The van der Waals surface area contributed by atoms with Crippen LogP contribution < -0.4 is 4.74 Å². The molecular formula is C14H20FNO3. The summed E-state index contributed by atoms with van der Waals surface area (Å²) in [5.41, 5.74) is -0.965. The summed E-state index contributed by atoms with van der Waals surface area (Å²) in [5.74, 6) is -1.12. The van der Waals surface area contributed by atoms with Gasteiger partial charge in [-0.05, 0) is 32.5 Å². The molecule has 19 heavy (non-hydrogen) atoms. The lowest BCUT2D eigenvalue weighted by Gasteiger charge is -2.33. The smallest absolute Gasteiger partial charge is 0.323 e. The van der Waals surface area contributed by atoms with Crippen molar-refractivity contribution in [1.82, 2.24) is 4.90 Å². The van der Waals surface area contributed by atoms with E-state index in [1.807, 2.05) is 6.92 Å². The zero-order valence-electron chi connectivity index (χ0n) is 11.5. The number of likely N-dealkylation sites (N-methyl/N-ethyl adjacent to an activating group) is 1. The number of carboxylic acids is 1. The van der Waals surface area contributed by atoms with Gasteiger partial charge in [-0.1, -0.05) is 19.1 Å². The molecule has 0 saturated heterocycles. The zero-order valence-corrected chi connectivity index (χ0v) is 11.5. The van der Waals surface area contributed by atoms with Gasteiger partial charge in [-0.25, -0.2) is 4.39 Å². The molecule has 0 saturated carbocycles. The fourth-order valence-electron chi connectivity index (χ4n) is 1.80. The van der Waals surface area contributed by atoms with Crippen molar-refractivity contribution in [3.8, 4) is 5.75 Å². The van der Waals surface area contributed by atoms with Gasteiger partial charge in [-0.15, -0.1) is 0 Å². The molecule has 0 aromatic heterocycles. The van der Waals surface area contributed by atoms with Gasteiger partial charge in [0, 0.05) is 6.54 Å². The van der Waals surface area contributed by atoms with Gasteiger partial charge >= 0.3 is 5.97 Å². The summed E-state index contributed by atoms with van der Waals surface area (Å²) in [4.78, 5) is 12.9. The van der Waals surface area contributed by atoms with Gasteiger partial charge in [0.05, 0.1) is 0 Å². The molecule has 1 rings (SSSR count). The van der Waals surface area contributed by atoms with Crippen LogP contribution in [0.4, 0.5) is 4.39 Å². The standard InChI is InChI=1S/C14H20FNO3/c1-4-16(14(2,3)13(17)18)9-10-19-12-8-6-5-7-11(12)15/h5-8H,4,9-10H2,1-3H3,(H,17,18). The number of rotatable bonds is 7. The normalized spacial score (nSPS) is 11.6. The topological polar surface area (TPSA) is 49.8 Å². The molecule has 0 aliphatic heterocycles. The highest BCUT2D eigenvalue weighted by Crippen LogP contribution is 2.17.